The van der Waals surface area contributed by atoms with Gasteiger partial charge in [-0.25, -0.2) is 0 Å². The molecular weight excluding hydrogens is 121 g/mol. The third-order valence-electron chi connectivity index (χ3n) is 0.805. The van der Waals surface area contributed by atoms with E-state index in [1.807, 2.05) is 0 Å². The van der Waals surface area contributed by atoms with Gasteiger partial charge in [0.05, 0.1) is 6.10 Å². The highest BCUT2D eigenvalue weighted by molar-refractivity contribution is 5.75. The van der Waals surface area contributed by atoms with Gasteiger partial charge < -0.3 is 15.9 Å². The van der Waals surface area contributed by atoms with Gasteiger partial charge in [-0.3, -0.25) is 4.79 Å². The van der Waals surface area contributed by atoms with E-state index in [9.17, 15) is 4.79 Å². The summed E-state index contributed by atoms with van der Waals surface area (Å²) in [5.74, 6) is -1.18. The Hall–Kier alpha value is -0.545. The van der Waals surface area contributed by atoms with E-state index >= 15 is 0 Å². The fraction of sp³-hybridized carbons (Fsp3) is 0.750. The molecule has 0 bridgehead atoms. The number of carboxylic acid groups (broad SMARTS) is 1. The van der Waals surface area contributed by atoms with E-state index in [0.717, 1.165) is 0 Å². The van der Waals surface area contributed by atoms with Crippen molar-refractivity contribution in [1.29, 1.82) is 0 Å². The molecule has 0 aliphatic rings. The molecule has 5 heteroatoms. The van der Waals surface area contributed by atoms with Crippen LogP contribution >= 0.6 is 0 Å². The third-order valence-corrected chi connectivity index (χ3v) is 0.805. The first-order valence-corrected chi connectivity index (χ1v) is 2.22. The van der Waals surface area contributed by atoms with Gasteiger partial charge in [0.2, 0.25) is 0 Å². The summed E-state index contributed by atoms with van der Waals surface area (Å²) in [4.78, 5) is 9.86. The second-order valence-electron chi connectivity index (χ2n) is 1.60. The van der Waals surface area contributed by atoms with Crippen LogP contribution in [0.1, 0.15) is 6.92 Å². The molecule has 51 valence electrons. The molecule has 0 saturated heterocycles. The molecule has 0 aliphatic heterocycles. The molecule has 0 rings (SSSR count). The first-order chi connectivity index (χ1) is 3.55. The molecule has 2 atom stereocenters. The zero-order valence-corrected chi connectivity index (χ0v) is 5.11. The molecular formula is C4H9BNO3. The van der Waals surface area contributed by atoms with Gasteiger partial charge in [-0.15, -0.1) is 0 Å². The first-order valence-electron chi connectivity index (χ1n) is 2.22. The van der Waals surface area contributed by atoms with E-state index in [4.69, 9.17) is 15.9 Å². The second kappa shape index (κ2) is 4.35. The Morgan fingerprint density at radius 2 is 2.00 bits per heavy atom. The van der Waals surface area contributed by atoms with Crippen LogP contribution in [0.2, 0.25) is 0 Å². The normalized spacial score (nSPS) is 15.4. The van der Waals surface area contributed by atoms with Crippen LogP contribution in [0.5, 0.6) is 0 Å². The molecule has 4 N–H and O–H groups in total. The molecule has 4 nitrogen and oxygen atoms in total. The SMILES string of the molecule is CC(O)C(N)C(=O)O.[B]. The lowest BCUT2D eigenvalue weighted by molar-refractivity contribution is -0.140. The lowest BCUT2D eigenvalue weighted by Crippen LogP contribution is -2.39. The molecule has 0 fully saturated rings. The lowest BCUT2D eigenvalue weighted by atomic mass is 10.2. The van der Waals surface area contributed by atoms with E-state index in [0.29, 0.717) is 0 Å². The molecule has 0 aliphatic carbocycles. The number of hydrogen-bond acceptors (Lipinski definition) is 3. The molecule has 0 aromatic carbocycles. The highest BCUT2D eigenvalue weighted by Crippen LogP contribution is 1.85. The molecule has 0 spiro atoms. The molecule has 0 heterocycles. The van der Waals surface area contributed by atoms with Gasteiger partial charge in [0.25, 0.3) is 0 Å². The third kappa shape index (κ3) is 3.99. The summed E-state index contributed by atoms with van der Waals surface area (Å²) in [7, 11) is 0. The summed E-state index contributed by atoms with van der Waals surface area (Å²) in [5.41, 5.74) is 4.91. The van der Waals surface area contributed by atoms with E-state index in [1.165, 1.54) is 6.92 Å². The maximum atomic E-state index is 9.86. The van der Waals surface area contributed by atoms with Crippen LogP contribution in [-0.4, -0.2) is 36.7 Å². The van der Waals surface area contributed by atoms with E-state index in [1.54, 1.807) is 0 Å². The Labute approximate surface area is 55.2 Å². The van der Waals surface area contributed by atoms with Crippen molar-refractivity contribution in [2.75, 3.05) is 0 Å². The van der Waals surface area contributed by atoms with Crippen molar-refractivity contribution in [3.05, 3.63) is 0 Å². The predicted octanol–water partition coefficient (Wildman–Crippen LogP) is -1.60. The summed E-state index contributed by atoms with van der Waals surface area (Å²) >= 11 is 0. The highest BCUT2D eigenvalue weighted by atomic mass is 16.4. The van der Waals surface area contributed by atoms with Crippen LogP contribution in [0.4, 0.5) is 0 Å². The number of carbonyl (C=O) groups is 1. The summed E-state index contributed by atoms with van der Waals surface area (Å²) in [6.07, 6.45) is -0.979. The van der Waals surface area contributed by atoms with Crippen LogP contribution in [0.3, 0.4) is 0 Å². The molecule has 9 heavy (non-hydrogen) atoms. The number of aliphatic hydroxyl groups is 1. The average Bonchev–Trinajstić information content (AvgIpc) is 1.64. The van der Waals surface area contributed by atoms with Gasteiger partial charge in [-0.05, 0) is 6.92 Å². The van der Waals surface area contributed by atoms with Crippen molar-refractivity contribution >= 4 is 14.4 Å². The maximum absolute atomic E-state index is 9.86. The van der Waals surface area contributed by atoms with Crippen molar-refractivity contribution in [3.8, 4) is 0 Å². The quantitative estimate of drug-likeness (QED) is 0.393. The van der Waals surface area contributed by atoms with E-state index < -0.39 is 18.1 Å². The maximum Gasteiger partial charge on any atom is 0.323 e. The standard InChI is InChI=1S/C4H9NO3.B/c1-2(6)3(5)4(7)8;/h2-3,6H,5H2,1H3,(H,7,8);. The number of aliphatic carboxylic acids is 1. The van der Waals surface area contributed by atoms with Crippen LogP contribution in [0.15, 0.2) is 0 Å². The summed E-state index contributed by atoms with van der Waals surface area (Å²) in [6.45, 7) is 1.33. The largest absolute Gasteiger partial charge is 0.480 e. The molecule has 0 aromatic heterocycles. The van der Waals surface area contributed by atoms with Crippen molar-refractivity contribution in [1.82, 2.24) is 0 Å². The Morgan fingerprint density at radius 3 is 2.00 bits per heavy atom. The number of aliphatic hydroxyl groups excluding tert-OH is 1. The van der Waals surface area contributed by atoms with Crippen molar-refractivity contribution in [2.24, 2.45) is 5.73 Å². The molecule has 2 unspecified atom stereocenters. The van der Waals surface area contributed by atoms with Crippen molar-refractivity contribution in [3.63, 3.8) is 0 Å². The molecule has 0 amide bonds. The van der Waals surface area contributed by atoms with Gasteiger partial charge >= 0.3 is 5.97 Å². The average molecular weight is 130 g/mol. The number of carboxylic acids is 1. The fourth-order valence-corrected chi connectivity index (χ4v) is 0.206. The van der Waals surface area contributed by atoms with Crippen LogP contribution < -0.4 is 5.73 Å². The molecule has 0 aromatic rings. The van der Waals surface area contributed by atoms with Crippen LogP contribution in [0.25, 0.3) is 0 Å². The van der Waals surface area contributed by atoms with Gasteiger partial charge in [0.1, 0.15) is 6.04 Å². The minimum absolute atomic E-state index is 0. The predicted molar refractivity (Wildman–Crippen MR) is 33.0 cm³/mol. The smallest absolute Gasteiger partial charge is 0.323 e. The Bertz CT molecular complexity index is 95.8. The Morgan fingerprint density at radius 1 is 1.67 bits per heavy atom. The van der Waals surface area contributed by atoms with Crippen molar-refractivity contribution in [2.45, 2.75) is 19.1 Å². The second-order valence-corrected chi connectivity index (χ2v) is 1.60. The van der Waals surface area contributed by atoms with Crippen molar-refractivity contribution < 1.29 is 15.0 Å². The molecule has 0 saturated carbocycles. The number of nitrogens with two attached hydrogens (primary N) is 1. The number of hydrogen-bond donors (Lipinski definition) is 3. The minimum atomic E-state index is -1.18. The highest BCUT2D eigenvalue weighted by Gasteiger charge is 2.16. The van der Waals surface area contributed by atoms with Crippen LogP contribution in [-0.2, 0) is 4.79 Å². The topological polar surface area (TPSA) is 83.5 Å². The van der Waals surface area contributed by atoms with Gasteiger partial charge in [0.15, 0.2) is 0 Å². The summed E-state index contributed by atoms with van der Waals surface area (Å²) < 4.78 is 0. The van der Waals surface area contributed by atoms with Gasteiger partial charge in [-0.2, -0.15) is 0 Å². The van der Waals surface area contributed by atoms with Gasteiger partial charge in [0, 0.05) is 8.41 Å². The Balaban J connectivity index is 0. The summed E-state index contributed by atoms with van der Waals surface area (Å²) in [6, 6.07) is -1.16. The molecule has 3 radical (unpaired) electrons. The fourth-order valence-electron chi connectivity index (χ4n) is 0.206. The zero-order valence-electron chi connectivity index (χ0n) is 5.11. The van der Waals surface area contributed by atoms with Crippen LogP contribution in [0, 0.1) is 0 Å². The van der Waals surface area contributed by atoms with E-state index in [2.05, 4.69) is 0 Å². The number of rotatable bonds is 2. The van der Waals surface area contributed by atoms with Gasteiger partial charge in [-0.1, -0.05) is 0 Å². The first kappa shape index (κ1) is 11.3. The van der Waals surface area contributed by atoms with E-state index in [-0.39, 0.29) is 8.41 Å². The zero-order chi connectivity index (χ0) is 6.73. The lowest BCUT2D eigenvalue weighted by Gasteiger charge is -2.06. The minimum Gasteiger partial charge on any atom is -0.480 e. The Kier molecular flexibility index (Phi) is 5.44. The summed E-state index contributed by atoms with van der Waals surface area (Å²) in [5, 5.41) is 16.6. The monoisotopic (exact) mass is 130 g/mol.